The van der Waals surface area contributed by atoms with Crippen LogP contribution in [0.5, 0.6) is 0 Å². The maximum atomic E-state index is 9.44. The summed E-state index contributed by atoms with van der Waals surface area (Å²) >= 11 is 0.600. The number of aromatic nitrogens is 5. The summed E-state index contributed by atoms with van der Waals surface area (Å²) in [4.78, 5) is 17.6. The van der Waals surface area contributed by atoms with E-state index in [0.717, 1.165) is 4.57 Å². The van der Waals surface area contributed by atoms with Gasteiger partial charge in [0, 0.05) is 27.5 Å². The van der Waals surface area contributed by atoms with Crippen molar-refractivity contribution in [2.75, 3.05) is 0 Å². The zero-order chi connectivity index (χ0) is 52.2. The number of fused-ring (bicyclic) bond motifs is 4. The molecule has 3 aromatic heterocycles. The van der Waals surface area contributed by atoms with Gasteiger partial charge in [-0.1, -0.05) is 121 Å². The van der Waals surface area contributed by atoms with Crippen LogP contribution in [-0.2, 0) is 0 Å². The van der Waals surface area contributed by atoms with E-state index >= 15 is 0 Å². The van der Waals surface area contributed by atoms with Gasteiger partial charge in [-0.2, -0.15) is 9.97 Å². The van der Waals surface area contributed by atoms with Gasteiger partial charge in [-0.05, 0) is 41.3 Å². The largest absolute Gasteiger partial charge is 0.278 e. The molecular weight excluding hydrogens is 583 g/mol. The smallest absolute Gasteiger partial charge is 0.238 e. The Labute approximate surface area is 304 Å². The van der Waals surface area contributed by atoms with Crippen LogP contribution in [0.25, 0.3) is 82.4 Å². The van der Waals surface area contributed by atoms with E-state index in [9.17, 15) is 5.48 Å². The monoisotopic (exact) mass is 632 g/mol. The molecule has 216 valence electrons. The predicted octanol–water partition coefficient (Wildman–Crippen LogP) is 10.2. The molecule has 0 bridgehead atoms. The molecule has 0 aliphatic heterocycles. The van der Waals surface area contributed by atoms with E-state index in [1.165, 1.54) is 0 Å². The molecule has 0 aliphatic carbocycles. The van der Waals surface area contributed by atoms with Crippen molar-refractivity contribution in [1.29, 1.82) is 0 Å². The minimum absolute atomic E-state index is 0.210. The summed E-state index contributed by atoms with van der Waals surface area (Å²) in [7, 11) is 0. The van der Waals surface area contributed by atoms with Gasteiger partial charge in [0.1, 0.15) is 5.01 Å². The normalized spacial score (nSPS) is 19.1. The van der Waals surface area contributed by atoms with Crippen molar-refractivity contribution in [1.82, 2.24) is 24.5 Å². The number of hydrogen-bond donors (Lipinski definition) is 0. The summed E-state index contributed by atoms with van der Waals surface area (Å²) in [5.41, 5.74) is -4.60. The van der Waals surface area contributed by atoms with E-state index in [-0.39, 0.29) is 20.8 Å². The fraction of sp³-hybridized carbons (Fsp3) is 0. The average Bonchev–Trinajstić information content (AvgIpc) is 3.95. The Balaban J connectivity index is 1.45. The fourth-order valence-electron chi connectivity index (χ4n) is 4.57. The molecule has 0 amide bonds. The lowest BCUT2D eigenvalue weighted by Crippen LogP contribution is -2.06. The fourth-order valence-corrected chi connectivity index (χ4v) is 5.45. The van der Waals surface area contributed by atoms with Gasteiger partial charge < -0.3 is 0 Å². The Kier molecular flexibility index (Phi) is 2.70. The molecule has 0 aliphatic rings. The molecule has 0 saturated heterocycles. The molecule has 5 nitrogen and oxygen atoms in total. The van der Waals surface area contributed by atoms with Crippen LogP contribution >= 0.6 is 11.3 Å². The molecule has 0 unspecified atom stereocenters. The Morgan fingerprint density at radius 1 is 0.457 bits per heavy atom. The average molecular weight is 633 g/mol. The molecule has 0 N–H and O–H groups in total. The van der Waals surface area contributed by atoms with E-state index in [2.05, 4.69) is 19.9 Å². The number of rotatable bonds is 5. The third-order valence-electron chi connectivity index (χ3n) is 6.56. The van der Waals surface area contributed by atoms with E-state index in [1.54, 1.807) is 0 Å². The predicted molar refractivity (Wildman–Crippen MR) is 189 cm³/mol. The summed E-state index contributed by atoms with van der Waals surface area (Å²) in [6.07, 6.45) is 0. The number of thiazole rings is 1. The first-order chi connectivity index (χ1) is 33.2. The highest BCUT2D eigenvalue weighted by molar-refractivity contribution is 7.21. The van der Waals surface area contributed by atoms with Gasteiger partial charge in [0.2, 0.25) is 5.95 Å². The highest BCUT2D eigenvalue weighted by Crippen LogP contribution is 2.35. The van der Waals surface area contributed by atoms with Gasteiger partial charge in [-0.3, -0.25) is 4.57 Å². The van der Waals surface area contributed by atoms with Crippen molar-refractivity contribution < 1.29 is 34.3 Å². The maximum absolute atomic E-state index is 9.44. The standard InChI is InChI=1S/C40H25N5S/c1-3-11-26(12-4-1)27-19-21-28(22-20-27)37-42-38(30-23-24-33-36(25-30)46-39(41-33)29-13-5-2-6-14-29)44-40(43-37)45-34-17-9-7-15-31(34)32-16-8-10-18-35(32)45/h1-25H/i1D,2D,3D,4D,5D,6D,7D,8D,9D,10D,11D,12D,13D,14D,15D,16D,17D,18D,19D,20D,21D,22D,23D,24D,25D. The van der Waals surface area contributed by atoms with Crippen LogP contribution in [0.4, 0.5) is 0 Å². The van der Waals surface area contributed by atoms with E-state index < -0.39 is 213 Å². The Hall–Kier alpha value is -5.98. The first-order valence-electron chi connectivity index (χ1n) is 25.6. The lowest BCUT2D eigenvalue weighted by atomic mass is 10.0. The van der Waals surface area contributed by atoms with Crippen molar-refractivity contribution >= 4 is 43.4 Å². The SMILES string of the molecule is [2H]c1c([2H])c([2H])c(-c2nc3c([2H])c([2H])c(-c4nc(-c5c([2H])c([2H])c(-c6c([2H])c([2H])c([2H])c([2H])c6[2H])c([2H])c5[2H])nc(-n5c6c([2H])c([2H])c([2H])c([2H])c6c6c([2H])c([2H])c([2H])c([2H])c65)n4)c([2H])c3s2)c([2H])c1[2H]. The van der Waals surface area contributed by atoms with Crippen molar-refractivity contribution in [2.45, 2.75) is 0 Å². The van der Waals surface area contributed by atoms with Crippen LogP contribution in [0.1, 0.15) is 34.3 Å². The molecule has 0 spiro atoms. The Morgan fingerprint density at radius 3 is 1.65 bits per heavy atom. The van der Waals surface area contributed by atoms with Crippen LogP contribution in [0.15, 0.2) is 151 Å². The molecule has 9 rings (SSSR count). The van der Waals surface area contributed by atoms with Crippen LogP contribution in [0.3, 0.4) is 0 Å². The summed E-state index contributed by atoms with van der Waals surface area (Å²) in [5, 5.41) is -1.12. The lowest BCUT2D eigenvalue weighted by molar-refractivity contribution is 0.954. The van der Waals surface area contributed by atoms with Gasteiger partial charge in [0.25, 0.3) is 0 Å². The lowest BCUT2D eigenvalue weighted by Gasteiger charge is -2.11. The third-order valence-corrected chi connectivity index (χ3v) is 7.55. The molecular formula is C40H25N5S. The number of para-hydroxylation sites is 2. The third kappa shape index (κ3) is 4.55. The van der Waals surface area contributed by atoms with Gasteiger partial charge in [0.05, 0.1) is 55.5 Å². The van der Waals surface area contributed by atoms with Gasteiger partial charge >= 0.3 is 0 Å². The first kappa shape index (κ1) is 11.4. The minimum Gasteiger partial charge on any atom is -0.278 e. The minimum atomic E-state index is -0.985. The molecule has 0 atom stereocenters. The van der Waals surface area contributed by atoms with Crippen molar-refractivity contribution in [3.63, 3.8) is 0 Å². The number of nitrogens with zero attached hydrogens (tertiary/aromatic N) is 5. The molecule has 6 aromatic carbocycles. The summed E-state index contributed by atoms with van der Waals surface area (Å²) in [6.45, 7) is 0. The highest BCUT2D eigenvalue weighted by Gasteiger charge is 2.18. The zero-order valence-corrected chi connectivity index (χ0v) is 23.5. The van der Waals surface area contributed by atoms with Crippen LogP contribution in [0.2, 0.25) is 0 Å². The number of hydrogen-bond acceptors (Lipinski definition) is 5. The molecule has 9 aromatic rings. The molecule has 6 heteroatoms. The van der Waals surface area contributed by atoms with E-state index in [4.69, 9.17) is 28.8 Å². The van der Waals surface area contributed by atoms with E-state index in [0.29, 0.717) is 11.3 Å². The molecule has 46 heavy (non-hydrogen) atoms. The first-order valence-corrected chi connectivity index (χ1v) is 13.9. The highest BCUT2D eigenvalue weighted by atomic mass is 32.1. The molecule has 0 fully saturated rings. The van der Waals surface area contributed by atoms with Crippen LogP contribution in [-0.4, -0.2) is 24.5 Å². The Morgan fingerprint density at radius 2 is 0.978 bits per heavy atom. The quantitative estimate of drug-likeness (QED) is 0.189. The summed E-state index contributed by atoms with van der Waals surface area (Å²) in [6, 6.07) is -20.2. The molecule has 3 heterocycles. The van der Waals surface area contributed by atoms with Crippen molar-refractivity contribution in [2.24, 2.45) is 0 Å². The summed E-state index contributed by atoms with van der Waals surface area (Å²) < 4.78 is 218. The van der Waals surface area contributed by atoms with Crippen LogP contribution < -0.4 is 0 Å². The Bertz CT molecular complexity index is 3800. The van der Waals surface area contributed by atoms with Gasteiger partial charge in [-0.25, -0.2) is 9.97 Å². The van der Waals surface area contributed by atoms with Gasteiger partial charge in [-0.15, -0.1) is 11.3 Å². The van der Waals surface area contributed by atoms with Crippen molar-refractivity contribution in [3.8, 4) is 50.4 Å². The van der Waals surface area contributed by atoms with Gasteiger partial charge in [0.15, 0.2) is 11.6 Å². The topological polar surface area (TPSA) is 56.5 Å². The maximum Gasteiger partial charge on any atom is 0.238 e. The van der Waals surface area contributed by atoms with Crippen LogP contribution in [0, 0.1) is 0 Å². The number of benzene rings is 6. The summed E-state index contributed by atoms with van der Waals surface area (Å²) in [5.74, 6) is -2.40. The molecule has 0 radical (unpaired) electrons. The van der Waals surface area contributed by atoms with Crippen molar-refractivity contribution in [3.05, 3.63) is 151 Å². The second-order valence-corrected chi connectivity index (χ2v) is 10.3. The van der Waals surface area contributed by atoms with E-state index in [1.807, 2.05) is 0 Å². The second kappa shape index (κ2) is 10.9. The zero-order valence-electron chi connectivity index (χ0n) is 47.6. The second-order valence-electron chi connectivity index (χ2n) is 9.26. The molecule has 0 saturated carbocycles.